The van der Waals surface area contributed by atoms with E-state index >= 15 is 0 Å². The van der Waals surface area contributed by atoms with Crippen LogP contribution in [0.15, 0.2) is 77.4 Å². The third-order valence-electron chi connectivity index (χ3n) is 5.17. The van der Waals surface area contributed by atoms with Gasteiger partial charge in [0.25, 0.3) is 0 Å². The molecule has 2 aliphatic rings. The number of benzene rings is 2. The molecule has 4 rings (SSSR count). The zero-order valence-corrected chi connectivity index (χ0v) is 17.8. The average molecular weight is 421 g/mol. The molecule has 0 fully saturated rings. The smallest absolute Gasteiger partial charge is 0.323 e. The predicted octanol–water partition coefficient (Wildman–Crippen LogP) is 5.01. The molecule has 0 amide bonds. The second-order valence-corrected chi connectivity index (χ2v) is 8.14. The topological polar surface area (TPSA) is 53.0 Å². The Balaban J connectivity index is 1.58. The van der Waals surface area contributed by atoms with Crippen molar-refractivity contribution in [1.29, 1.82) is 0 Å². The number of carboxylic acid groups (broad SMARTS) is 1. The molecular formula is C24H24N2O3S. The maximum atomic E-state index is 11.4. The lowest BCUT2D eigenvalue weighted by atomic mass is 10.1. The van der Waals surface area contributed by atoms with Crippen LogP contribution in [0.2, 0.25) is 0 Å². The number of allylic oxidation sites excluding steroid dienone is 3. The van der Waals surface area contributed by atoms with Crippen molar-refractivity contribution in [3.63, 3.8) is 0 Å². The van der Waals surface area contributed by atoms with E-state index in [9.17, 15) is 9.90 Å². The van der Waals surface area contributed by atoms with Crippen molar-refractivity contribution in [1.82, 2.24) is 0 Å². The SMILES string of the molecule is CCN1C(=CC=CC2Sc3cc(OC)ccc3N2CC(=O)O)C=Cc2ccccc21. The molecule has 2 aliphatic heterocycles. The first-order chi connectivity index (χ1) is 14.6. The van der Waals surface area contributed by atoms with Crippen LogP contribution >= 0.6 is 11.8 Å². The Morgan fingerprint density at radius 3 is 2.80 bits per heavy atom. The number of ether oxygens (including phenoxy) is 1. The van der Waals surface area contributed by atoms with Gasteiger partial charge in [0, 0.05) is 22.8 Å². The van der Waals surface area contributed by atoms with Gasteiger partial charge in [0.15, 0.2) is 0 Å². The fourth-order valence-electron chi connectivity index (χ4n) is 3.77. The van der Waals surface area contributed by atoms with E-state index in [2.05, 4.69) is 54.3 Å². The van der Waals surface area contributed by atoms with Gasteiger partial charge in [-0.05, 0) is 48.9 Å². The van der Waals surface area contributed by atoms with Crippen molar-refractivity contribution < 1.29 is 14.6 Å². The maximum absolute atomic E-state index is 11.4. The summed E-state index contributed by atoms with van der Waals surface area (Å²) in [7, 11) is 1.63. The molecule has 5 nitrogen and oxygen atoms in total. The molecular weight excluding hydrogens is 396 g/mol. The number of hydrogen-bond acceptors (Lipinski definition) is 5. The van der Waals surface area contributed by atoms with Crippen LogP contribution in [-0.2, 0) is 4.79 Å². The molecule has 30 heavy (non-hydrogen) atoms. The minimum Gasteiger partial charge on any atom is -0.497 e. The van der Waals surface area contributed by atoms with E-state index in [0.717, 1.165) is 28.6 Å². The molecule has 1 atom stereocenters. The third-order valence-corrected chi connectivity index (χ3v) is 6.40. The molecule has 0 saturated heterocycles. The van der Waals surface area contributed by atoms with Crippen LogP contribution in [0.5, 0.6) is 5.75 Å². The molecule has 1 unspecified atom stereocenters. The van der Waals surface area contributed by atoms with Crippen LogP contribution < -0.4 is 14.5 Å². The van der Waals surface area contributed by atoms with Crippen LogP contribution in [0.3, 0.4) is 0 Å². The van der Waals surface area contributed by atoms with Crippen molar-refractivity contribution in [2.24, 2.45) is 0 Å². The molecule has 6 heteroatoms. The molecule has 154 valence electrons. The van der Waals surface area contributed by atoms with E-state index in [4.69, 9.17) is 4.74 Å². The summed E-state index contributed by atoms with van der Waals surface area (Å²) in [5.74, 6) is -0.0760. The average Bonchev–Trinajstić information content (AvgIpc) is 3.09. The zero-order chi connectivity index (χ0) is 21.1. The molecule has 1 N–H and O–H groups in total. The van der Waals surface area contributed by atoms with Gasteiger partial charge in [0.1, 0.15) is 12.3 Å². The van der Waals surface area contributed by atoms with E-state index in [1.54, 1.807) is 18.9 Å². The third kappa shape index (κ3) is 3.96. The number of nitrogens with zero attached hydrogens (tertiary/aromatic N) is 2. The quantitative estimate of drug-likeness (QED) is 0.709. The lowest BCUT2D eigenvalue weighted by molar-refractivity contribution is -0.135. The molecule has 2 aromatic rings. The number of methoxy groups -OCH3 is 1. The van der Waals surface area contributed by atoms with Crippen molar-refractivity contribution >= 4 is 35.2 Å². The van der Waals surface area contributed by atoms with E-state index in [1.807, 2.05) is 35.2 Å². The maximum Gasteiger partial charge on any atom is 0.323 e. The Bertz CT molecular complexity index is 1040. The number of likely N-dealkylation sites (N-methyl/N-ethyl adjacent to an activating group) is 1. The Kier molecular flexibility index (Phi) is 5.86. The second-order valence-electron chi connectivity index (χ2n) is 6.98. The van der Waals surface area contributed by atoms with E-state index in [-0.39, 0.29) is 11.9 Å². The zero-order valence-electron chi connectivity index (χ0n) is 17.0. The largest absolute Gasteiger partial charge is 0.497 e. The highest BCUT2D eigenvalue weighted by atomic mass is 32.2. The lowest BCUT2D eigenvalue weighted by Crippen LogP contribution is -2.33. The second kappa shape index (κ2) is 8.71. The van der Waals surface area contributed by atoms with Gasteiger partial charge in [-0.25, -0.2) is 0 Å². The fourth-order valence-corrected chi connectivity index (χ4v) is 5.01. The highest BCUT2D eigenvalue weighted by Crippen LogP contribution is 2.45. The highest BCUT2D eigenvalue weighted by Gasteiger charge is 2.30. The Hall–Kier alpha value is -3.12. The van der Waals surface area contributed by atoms with E-state index in [1.165, 1.54) is 11.3 Å². The van der Waals surface area contributed by atoms with Gasteiger partial charge in [-0.1, -0.05) is 48.2 Å². The Morgan fingerprint density at radius 1 is 1.20 bits per heavy atom. The van der Waals surface area contributed by atoms with Crippen LogP contribution in [-0.4, -0.2) is 36.6 Å². The number of para-hydroxylation sites is 1. The number of hydrogen-bond donors (Lipinski definition) is 1. The summed E-state index contributed by atoms with van der Waals surface area (Å²) in [5, 5.41) is 9.29. The summed E-state index contributed by atoms with van der Waals surface area (Å²) in [6.45, 7) is 2.96. The summed E-state index contributed by atoms with van der Waals surface area (Å²) < 4.78 is 5.32. The molecule has 0 aromatic heterocycles. The van der Waals surface area contributed by atoms with Crippen LogP contribution in [0.4, 0.5) is 11.4 Å². The highest BCUT2D eigenvalue weighted by molar-refractivity contribution is 8.00. The first kappa shape index (κ1) is 20.2. The van der Waals surface area contributed by atoms with Crippen LogP contribution in [0, 0.1) is 0 Å². The van der Waals surface area contributed by atoms with Gasteiger partial charge < -0.3 is 19.6 Å². The van der Waals surface area contributed by atoms with Crippen molar-refractivity contribution in [2.75, 3.05) is 30.0 Å². The fraction of sp³-hybridized carbons (Fsp3) is 0.208. The van der Waals surface area contributed by atoms with Gasteiger partial charge in [-0.2, -0.15) is 0 Å². The van der Waals surface area contributed by atoms with Crippen molar-refractivity contribution in [2.45, 2.75) is 17.2 Å². The molecule has 0 spiro atoms. The standard InChI is InChI=1S/C24H24N2O3S/c1-3-25-18(12-11-17-7-4-5-9-20(17)25)8-6-10-23-26(16-24(27)28)21-14-13-19(29-2)15-22(21)30-23/h4-15,23H,3,16H2,1-2H3,(H,27,28). The minimum absolute atomic E-state index is 0.0493. The number of rotatable bonds is 6. The lowest BCUT2D eigenvalue weighted by Gasteiger charge is -2.29. The van der Waals surface area contributed by atoms with E-state index < -0.39 is 5.97 Å². The van der Waals surface area contributed by atoms with Gasteiger partial charge >= 0.3 is 5.97 Å². The monoisotopic (exact) mass is 420 g/mol. The normalized spacial score (nSPS) is 18.7. The van der Waals surface area contributed by atoms with Gasteiger partial charge in [-0.15, -0.1) is 0 Å². The van der Waals surface area contributed by atoms with Gasteiger partial charge in [-0.3, -0.25) is 4.79 Å². The summed E-state index contributed by atoms with van der Waals surface area (Å²) in [5.41, 5.74) is 4.44. The Labute approximate surface area is 180 Å². The molecule has 2 aromatic carbocycles. The molecule has 0 bridgehead atoms. The number of anilines is 2. The number of fused-ring (bicyclic) bond motifs is 2. The number of thioether (sulfide) groups is 1. The van der Waals surface area contributed by atoms with Crippen LogP contribution in [0.1, 0.15) is 12.5 Å². The molecule has 0 saturated carbocycles. The van der Waals surface area contributed by atoms with Gasteiger partial charge in [0.2, 0.25) is 0 Å². The number of carbonyl (C=O) groups is 1. The van der Waals surface area contributed by atoms with Gasteiger partial charge in [0.05, 0.1) is 18.2 Å². The number of aliphatic carboxylic acids is 1. The van der Waals surface area contributed by atoms with Crippen molar-refractivity contribution in [3.8, 4) is 5.75 Å². The van der Waals surface area contributed by atoms with Crippen molar-refractivity contribution in [3.05, 3.63) is 78.0 Å². The minimum atomic E-state index is -0.847. The first-order valence-corrected chi connectivity index (χ1v) is 10.7. The van der Waals surface area contributed by atoms with E-state index in [0.29, 0.717) is 0 Å². The summed E-state index contributed by atoms with van der Waals surface area (Å²) >= 11 is 1.63. The summed E-state index contributed by atoms with van der Waals surface area (Å²) in [6.07, 6.45) is 10.4. The van der Waals surface area contributed by atoms with Crippen LogP contribution in [0.25, 0.3) is 6.08 Å². The summed E-state index contributed by atoms with van der Waals surface area (Å²) in [4.78, 5) is 16.6. The first-order valence-electron chi connectivity index (χ1n) is 9.87. The Morgan fingerprint density at radius 2 is 2.03 bits per heavy atom. The molecule has 2 heterocycles. The molecule has 0 radical (unpaired) electrons. The molecule has 0 aliphatic carbocycles. The summed E-state index contributed by atoms with van der Waals surface area (Å²) in [6, 6.07) is 14.1. The predicted molar refractivity (Wildman–Crippen MR) is 123 cm³/mol. The number of carboxylic acids is 1.